The summed E-state index contributed by atoms with van der Waals surface area (Å²) in [5, 5.41) is 0. The van der Waals surface area contributed by atoms with Crippen LogP contribution in [-0.4, -0.2) is 24.5 Å². The molecule has 0 unspecified atom stereocenters. The smallest absolute Gasteiger partial charge is 0.338 e. The molecule has 0 aliphatic heterocycles. The normalized spacial score (nSPS) is 11.5. The number of pyridine rings is 1. The summed E-state index contributed by atoms with van der Waals surface area (Å²) in [4.78, 5) is 24.6. The van der Waals surface area contributed by atoms with Crippen LogP contribution in [0.4, 0.5) is 87.8 Å². The number of rotatable bonds is 25. The number of esters is 1. The zero-order valence-electron chi connectivity index (χ0n) is 42.7. The highest BCUT2D eigenvalue weighted by atomic mass is 19.2. The first-order valence-electron chi connectivity index (χ1n) is 25.4. The van der Waals surface area contributed by atoms with Gasteiger partial charge in [0.15, 0.2) is 82.2 Å². The summed E-state index contributed by atoms with van der Waals surface area (Å²) in [5.74, 6) is -71.7. The number of hydrogen-bond donors (Lipinski definition) is 0. The van der Waals surface area contributed by atoms with E-state index in [-0.39, 0.29) is 18.3 Å². The minimum Gasteiger partial charge on any atom is -0.462 e. The van der Waals surface area contributed by atoms with E-state index in [1.807, 2.05) is 30.3 Å². The van der Waals surface area contributed by atoms with Crippen molar-refractivity contribution < 1.29 is 107 Å². The summed E-state index contributed by atoms with van der Waals surface area (Å²) in [6, 6.07) is 12.7. The zero-order valence-corrected chi connectivity index (χ0v) is 42.7. The van der Waals surface area contributed by atoms with Gasteiger partial charge in [-0.15, -0.1) is 21.9 Å². The standard InChI is InChI=1S/C32H48NO3.C24BF20/c1-2-3-4-5-6-7-8-9-10-11-12-13-14-15-16-20-27-36-32(35)30-23-25-33(26-24-30)28-31(34)29-21-18-17-19-22-29;26-5-1(6(27)14(35)21(42)13(5)34)25(2-7(28)15(36)22(43)16(37)8(2)29,3-9(30)17(38)23(44)18(39)10(3)31)4-11(32)19(40)24(45)20(41)12(4)33/h17-19,21-26H,2-16,20,27-28H2,1H3;/q+1;-1. The molecule has 4 nitrogen and oxygen atoms in total. The van der Waals surface area contributed by atoms with Crippen LogP contribution in [0.1, 0.15) is 130 Å². The predicted molar refractivity (Wildman–Crippen MR) is 256 cm³/mol. The number of aromatic nitrogens is 1. The molecular formula is C56H48BF20NO3. The van der Waals surface area contributed by atoms with Gasteiger partial charge in [0.2, 0.25) is 12.3 Å². The van der Waals surface area contributed by atoms with Crippen LogP contribution >= 0.6 is 0 Å². The Morgan fingerprint density at radius 2 is 0.605 bits per heavy atom. The number of ether oxygens (including phenoxy) is 1. The molecule has 0 atom stereocenters. The molecule has 25 heteroatoms. The highest BCUT2D eigenvalue weighted by Gasteiger charge is 2.52. The number of halogens is 20. The average molecular weight is 1170 g/mol. The molecule has 0 aliphatic rings. The van der Waals surface area contributed by atoms with Crippen molar-refractivity contribution in [1.82, 2.24) is 0 Å². The van der Waals surface area contributed by atoms with Crippen molar-refractivity contribution in [2.45, 2.75) is 116 Å². The van der Waals surface area contributed by atoms with E-state index in [9.17, 15) is 62.3 Å². The number of benzene rings is 5. The van der Waals surface area contributed by atoms with E-state index in [4.69, 9.17) is 4.74 Å². The lowest BCUT2D eigenvalue weighted by atomic mass is 9.12. The van der Waals surface area contributed by atoms with E-state index in [2.05, 4.69) is 6.92 Å². The third-order valence-electron chi connectivity index (χ3n) is 13.5. The number of unbranched alkanes of at least 4 members (excludes halogenated alkanes) is 15. The average Bonchev–Trinajstić information content (AvgIpc) is 2.31. The molecule has 0 aliphatic carbocycles. The fourth-order valence-electron chi connectivity index (χ4n) is 9.35. The van der Waals surface area contributed by atoms with Crippen LogP contribution in [0.2, 0.25) is 0 Å². The zero-order chi connectivity index (χ0) is 60.0. The molecule has 438 valence electrons. The molecule has 5 aromatic carbocycles. The van der Waals surface area contributed by atoms with Crippen LogP contribution in [0.5, 0.6) is 0 Å². The Balaban J connectivity index is 0.000000305. The van der Waals surface area contributed by atoms with E-state index in [1.54, 1.807) is 29.1 Å². The predicted octanol–water partition coefficient (Wildman–Crippen LogP) is 14.1. The first-order valence-corrected chi connectivity index (χ1v) is 25.4. The maximum absolute atomic E-state index is 15.4. The number of ketones is 1. The van der Waals surface area contributed by atoms with Gasteiger partial charge < -0.3 is 4.74 Å². The van der Waals surface area contributed by atoms with Gasteiger partial charge in [-0.2, -0.15) is 4.57 Å². The van der Waals surface area contributed by atoms with Crippen LogP contribution in [-0.2, 0) is 11.3 Å². The molecule has 0 bridgehead atoms. The third kappa shape index (κ3) is 14.0. The Morgan fingerprint density at radius 3 is 0.889 bits per heavy atom. The molecule has 1 aromatic heterocycles. The fraction of sp³-hybridized carbons (Fsp3) is 0.339. The minimum atomic E-state index is -7.22. The summed E-state index contributed by atoms with van der Waals surface area (Å²) in [7, 11) is 0. The fourth-order valence-corrected chi connectivity index (χ4v) is 9.35. The monoisotopic (exact) mass is 1170 g/mol. The van der Waals surface area contributed by atoms with E-state index in [0.717, 1.165) is 12.8 Å². The van der Waals surface area contributed by atoms with Gasteiger partial charge in [-0.05, 0) is 6.42 Å². The van der Waals surface area contributed by atoms with E-state index in [0.29, 0.717) is 17.7 Å². The maximum atomic E-state index is 15.4. The molecule has 0 saturated carbocycles. The number of nitrogens with zero attached hydrogens (tertiary/aromatic N) is 1. The minimum absolute atomic E-state index is 0.0411. The largest absolute Gasteiger partial charge is 0.462 e. The van der Waals surface area contributed by atoms with Gasteiger partial charge >= 0.3 is 5.97 Å². The van der Waals surface area contributed by atoms with Crippen molar-refractivity contribution in [1.29, 1.82) is 0 Å². The van der Waals surface area contributed by atoms with Crippen molar-refractivity contribution >= 4 is 39.7 Å². The second-order valence-electron chi connectivity index (χ2n) is 18.8. The van der Waals surface area contributed by atoms with Crippen LogP contribution < -0.4 is 26.4 Å². The molecule has 6 rings (SSSR count). The Labute approximate surface area is 450 Å². The lowest BCUT2D eigenvalue weighted by Crippen LogP contribution is -2.81. The van der Waals surface area contributed by atoms with Crippen LogP contribution in [0.3, 0.4) is 0 Å². The van der Waals surface area contributed by atoms with Gasteiger partial charge in [-0.1, -0.05) is 134 Å². The summed E-state index contributed by atoms with van der Waals surface area (Å²) in [6.45, 7) is 3.00. The van der Waals surface area contributed by atoms with Crippen LogP contribution in [0.25, 0.3) is 0 Å². The third-order valence-corrected chi connectivity index (χ3v) is 13.5. The summed E-state index contributed by atoms with van der Waals surface area (Å²) >= 11 is 0. The van der Waals surface area contributed by atoms with Crippen molar-refractivity contribution in [3.05, 3.63) is 182 Å². The molecule has 1 heterocycles. The van der Waals surface area contributed by atoms with Gasteiger partial charge in [0.1, 0.15) is 52.7 Å². The van der Waals surface area contributed by atoms with Gasteiger partial charge in [0, 0.05) is 17.7 Å². The van der Waals surface area contributed by atoms with Crippen LogP contribution in [0, 0.1) is 116 Å². The topological polar surface area (TPSA) is 47.2 Å². The van der Waals surface area contributed by atoms with E-state index >= 15 is 35.1 Å². The second-order valence-corrected chi connectivity index (χ2v) is 18.8. The molecule has 0 amide bonds. The molecule has 0 N–H and O–H groups in total. The van der Waals surface area contributed by atoms with Crippen molar-refractivity contribution in [3.8, 4) is 0 Å². The van der Waals surface area contributed by atoms with Gasteiger partial charge in [-0.3, -0.25) is 4.79 Å². The quantitative estimate of drug-likeness (QED) is 0.00839. The number of carbonyl (C=O) groups excluding carboxylic acids is 2. The highest BCUT2D eigenvalue weighted by Crippen LogP contribution is 2.31. The number of Topliss-reactive ketones (excluding diaryl/α,β-unsaturated/α-hetero) is 1. The maximum Gasteiger partial charge on any atom is 0.338 e. The second kappa shape index (κ2) is 29.2. The molecular weight excluding hydrogens is 1130 g/mol. The number of hydrogen-bond acceptors (Lipinski definition) is 3. The Kier molecular flexibility index (Phi) is 23.4. The van der Waals surface area contributed by atoms with E-state index < -0.39 is 144 Å². The Morgan fingerprint density at radius 1 is 0.346 bits per heavy atom. The Bertz CT molecular complexity index is 2820. The SMILES string of the molecule is CCCCCCCCCCCCCCCCCCOC(=O)c1cc[n+](CC(=O)c2ccccc2)cc1.Fc1c(F)c(F)c([B-](c2c(F)c(F)c(F)c(F)c2F)(c2c(F)c(F)c(F)c(F)c2F)c2c(F)c(F)c(F)c(F)c2F)c(F)c1F. The first-order chi connectivity index (χ1) is 38.4. The summed E-state index contributed by atoms with van der Waals surface area (Å²) < 4.78 is 301. The lowest BCUT2D eigenvalue weighted by Gasteiger charge is -2.44. The molecule has 0 fully saturated rings. The van der Waals surface area contributed by atoms with Crippen molar-refractivity contribution in [2.24, 2.45) is 0 Å². The first kappa shape index (κ1) is 64.9. The van der Waals surface area contributed by atoms with Gasteiger partial charge in [-0.25, -0.2) is 92.6 Å². The molecule has 0 radical (unpaired) electrons. The summed E-state index contributed by atoms with van der Waals surface area (Å²) in [5.41, 5.74) is -13.1. The van der Waals surface area contributed by atoms with Crippen molar-refractivity contribution in [2.75, 3.05) is 6.61 Å². The van der Waals surface area contributed by atoms with Crippen LogP contribution in [0.15, 0.2) is 54.9 Å². The molecule has 81 heavy (non-hydrogen) atoms. The molecule has 0 saturated heterocycles. The summed E-state index contributed by atoms with van der Waals surface area (Å²) in [6.07, 6.45) is 17.6. The number of carbonyl (C=O) groups is 2. The van der Waals surface area contributed by atoms with Gasteiger partial charge in [0.05, 0.1) is 12.2 Å². The molecule has 0 spiro atoms. The lowest BCUT2D eigenvalue weighted by molar-refractivity contribution is -0.683. The van der Waals surface area contributed by atoms with Gasteiger partial charge in [0.25, 0.3) is 0 Å². The Hall–Kier alpha value is -6.95. The van der Waals surface area contributed by atoms with Crippen molar-refractivity contribution in [3.63, 3.8) is 0 Å². The molecule has 6 aromatic rings. The van der Waals surface area contributed by atoms with E-state index in [1.165, 1.54) is 89.9 Å². The highest BCUT2D eigenvalue weighted by molar-refractivity contribution is 7.20.